The van der Waals surface area contributed by atoms with Crippen molar-refractivity contribution in [2.75, 3.05) is 18.4 Å². The Morgan fingerprint density at radius 2 is 1.75 bits per heavy atom. The monoisotopic (exact) mass is 282 g/mol. The fourth-order valence-corrected chi connectivity index (χ4v) is 2.14. The average Bonchev–Trinajstić information content (AvgIpc) is 2.43. The Balaban J connectivity index is 2.03. The minimum Gasteiger partial charge on any atom is -0.334 e. The van der Waals surface area contributed by atoms with E-state index < -0.39 is 29.1 Å². The lowest BCUT2D eigenvalue weighted by Gasteiger charge is -2.29. The molecule has 108 valence electrons. The molecule has 1 N–H and O–H groups in total. The second-order valence-electron chi connectivity index (χ2n) is 5.03. The van der Waals surface area contributed by atoms with Gasteiger partial charge in [-0.1, -0.05) is 13.0 Å². The molecule has 0 bridgehead atoms. The summed E-state index contributed by atoms with van der Waals surface area (Å²) in [4.78, 5) is 25.1. The van der Waals surface area contributed by atoms with Gasteiger partial charge < -0.3 is 10.2 Å². The molecule has 1 heterocycles. The molecule has 0 unspecified atom stereocenters. The highest BCUT2D eigenvalue weighted by Gasteiger charge is 2.26. The van der Waals surface area contributed by atoms with E-state index in [1.54, 1.807) is 0 Å². The molecule has 0 aliphatic carbocycles. The standard InChI is InChI=1S/C14H16F2N2O2/c1-9-5-7-18(8-6-9)14(20)13(19)17-12-10(15)3-2-4-11(12)16/h2-4,9H,5-8H2,1H3,(H,17,19). The predicted octanol–water partition coefficient (Wildman–Crippen LogP) is 2.16. The molecular weight excluding hydrogens is 266 g/mol. The third-order valence-corrected chi connectivity index (χ3v) is 3.47. The van der Waals surface area contributed by atoms with Crippen molar-refractivity contribution < 1.29 is 18.4 Å². The second-order valence-corrected chi connectivity index (χ2v) is 5.03. The molecule has 1 aliphatic rings. The number of halogens is 2. The quantitative estimate of drug-likeness (QED) is 0.802. The number of amides is 2. The Morgan fingerprint density at radius 1 is 1.20 bits per heavy atom. The highest BCUT2D eigenvalue weighted by Crippen LogP contribution is 2.19. The molecule has 6 heteroatoms. The minimum atomic E-state index is -1.01. The number of likely N-dealkylation sites (tertiary alicyclic amines) is 1. The van der Waals surface area contributed by atoms with E-state index in [2.05, 4.69) is 6.92 Å². The summed E-state index contributed by atoms with van der Waals surface area (Å²) in [6.45, 7) is 3.07. The van der Waals surface area contributed by atoms with Crippen molar-refractivity contribution in [2.24, 2.45) is 5.92 Å². The number of nitrogens with one attached hydrogen (secondary N) is 1. The highest BCUT2D eigenvalue weighted by atomic mass is 19.1. The number of benzene rings is 1. The van der Waals surface area contributed by atoms with Gasteiger partial charge >= 0.3 is 11.8 Å². The summed E-state index contributed by atoms with van der Waals surface area (Å²) >= 11 is 0. The number of carbonyl (C=O) groups is 2. The summed E-state index contributed by atoms with van der Waals surface area (Å²) in [5.41, 5.74) is -0.587. The van der Waals surface area contributed by atoms with Gasteiger partial charge in [0.15, 0.2) is 0 Å². The van der Waals surface area contributed by atoms with Crippen molar-refractivity contribution in [1.29, 1.82) is 0 Å². The lowest BCUT2D eigenvalue weighted by molar-refractivity contribution is -0.144. The third-order valence-electron chi connectivity index (χ3n) is 3.47. The lowest BCUT2D eigenvalue weighted by Crippen LogP contribution is -2.44. The van der Waals surface area contributed by atoms with Crippen molar-refractivity contribution in [2.45, 2.75) is 19.8 Å². The van der Waals surface area contributed by atoms with Gasteiger partial charge in [-0.15, -0.1) is 0 Å². The number of rotatable bonds is 1. The van der Waals surface area contributed by atoms with E-state index in [9.17, 15) is 18.4 Å². The van der Waals surface area contributed by atoms with Crippen LogP contribution in [0.15, 0.2) is 18.2 Å². The largest absolute Gasteiger partial charge is 0.334 e. The van der Waals surface area contributed by atoms with Crippen LogP contribution >= 0.6 is 0 Å². The van der Waals surface area contributed by atoms with Gasteiger partial charge in [0, 0.05) is 13.1 Å². The third kappa shape index (κ3) is 3.12. The van der Waals surface area contributed by atoms with Gasteiger partial charge in [-0.3, -0.25) is 9.59 Å². The SMILES string of the molecule is CC1CCN(C(=O)C(=O)Nc2c(F)cccc2F)CC1. The van der Waals surface area contributed by atoms with Crippen molar-refractivity contribution in [1.82, 2.24) is 4.90 Å². The first-order chi connectivity index (χ1) is 9.49. The fourth-order valence-electron chi connectivity index (χ4n) is 2.14. The molecule has 0 radical (unpaired) electrons. The molecule has 0 saturated carbocycles. The van der Waals surface area contributed by atoms with Gasteiger partial charge in [0.1, 0.15) is 17.3 Å². The maximum atomic E-state index is 13.4. The Kier molecular flexibility index (Phi) is 4.32. The first-order valence-corrected chi connectivity index (χ1v) is 6.53. The van der Waals surface area contributed by atoms with Gasteiger partial charge in [-0.25, -0.2) is 8.78 Å². The van der Waals surface area contributed by atoms with E-state index in [4.69, 9.17) is 0 Å². The van der Waals surface area contributed by atoms with Crippen molar-refractivity contribution >= 4 is 17.5 Å². The van der Waals surface area contributed by atoms with E-state index in [1.807, 2.05) is 5.32 Å². The molecule has 4 nitrogen and oxygen atoms in total. The van der Waals surface area contributed by atoms with Gasteiger partial charge in [0.05, 0.1) is 0 Å². The number of hydrogen-bond donors (Lipinski definition) is 1. The van der Waals surface area contributed by atoms with Crippen LogP contribution in [0.5, 0.6) is 0 Å². The molecule has 0 aromatic heterocycles. The van der Waals surface area contributed by atoms with Gasteiger partial charge in [0.25, 0.3) is 0 Å². The summed E-state index contributed by atoms with van der Waals surface area (Å²) in [5, 5.41) is 2.01. The molecule has 0 spiro atoms. The molecule has 1 fully saturated rings. The molecule has 1 aliphatic heterocycles. The van der Waals surface area contributed by atoms with E-state index in [0.29, 0.717) is 19.0 Å². The van der Waals surface area contributed by atoms with Gasteiger partial charge in [-0.2, -0.15) is 0 Å². The summed E-state index contributed by atoms with van der Waals surface area (Å²) < 4.78 is 26.8. The van der Waals surface area contributed by atoms with Crippen LogP contribution in [-0.4, -0.2) is 29.8 Å². The summed E-state index contributed by atoms with van der Waals surface area (Å²) in [5.74, 6) is -3.05. The zero-order valence-electron chi connectivity index (χ0n) is 11.2. The van der Waals surface area contributed by atoms with Crippen molar-refractivity contribution in [3.63, 3.8) is 0 Å². The Bertz CT molecular complexity index is 506. The summed E-state index contributed by atoms with van der Waals surface area (Å²) in [7, 11) is 0. The predicted molar refractivity (Wildman–Crippen MR) is 70.0 cm³/mol. The van der Waals surface area contributed by atoms with Crippen LogP contribution in [0.4, 0.5) is 14.5 Å². The molecular formula is C14H16F2N2O2. The molecule has 0 atom stereocenters. The minimum absolute atomic E-state index is 0.493. The summed E-state index contributed by atoms with van der Waals surface area (Å²) in [6, 6.07) is 3.23. The van der Waals surface area contributed by atoms with E-state index >= 15 is 0 Å². The molecule has 1 aromatic carbocycles. The molecule has 2 rings (SSSR count). The number of hydrogen-bond acceptors (Lipinski definition) is 2. The normalized spacial score (nSPS) is 16.1. The molecule has 2 amide bonds. The van der Waals surface area contributed by atoms with Crippen LogP contribution in [0.3, 0.4) is 0 Å². The maximum Gasteiger partial charge on any atom is 0.314 e. The van der Waals surface area contributed by atoms with Gasteiger partial charge in [0.2, 0.25) is 0 Å². The average molecular weight is 282 g/mol. The Morgan fingerprint density at radius 3 is 2.30 bits per heavy atom. The van der Waals surface area contributed by atoms with Crippen LogP contribution in [0.25, 0.3) is 0 Å². The summed E-state index contributed by atoms with van der Waals surface area (Å²) in [6.07, 6.45) is 1.65. The Labute approximate surface area is 115 Å². The molecule has 20 heavy (non-hydrogen) atoms. The Hall–Kier alpha value is -1.98. The number of nitrogens with zero attached hydrogens (tertiary/aromatic N) is 1. The topological polar surface area (TPSA) is 49.4 Å². The first-order valence-electron chi connectivity index (χ1n) is 6.53. The highest BCUT2D eigenvalue weighted by molar-refractivity contribution is 6.39. The zero-order chi connectivity index (χ0) is 14.7. The molecule has 1 saturated heterocycles. The van der Waals surface area contributed by atoms with Crippen LogP contribution in [0, 0.1) is 17.6 Å². The van der Waals surface area contributed by atoms with Crippen molar-refractivity contribution in [3.05, 3.63) is 29.8 Å². The number of piperidine rings is 1. The van der Waals surface area contributed by atoms with Crippen LogP contribution < -0.4 is 5.32 Å². The zero-order valence-corrected chi connectivity index (χ0v) is 11.2. The number of para-hydroxylation sites is 1. The van der Waals surface area contributed by atoms with Crippen LogP contribution in [-0.2, 0) is 9.59 Å². The van der Waals surface area contributed by atoms with Crippen molar-refractivity contribution in [3.8, 4) is 0 Å². The van der Waals surface area contributed by atoms with E-state index in [1.165, 1.54) is 11.0 Å². The maximum absolute atomic E-state index is 13.4. The van der Waals surface area contributed by atoms with E-state index in [0.717, 1.165) is 25.0 Å². The van der Waals surface area contributed by atoms with E-state index in [-0.39, 0.29) is 0 Å². The fraction of sp³-hybridized carbons (Fsp3) is 0.429. The van der Waals surface area contributed by atoms with Gasteiger partial charge in [-0.05, 0) is 30.9 Å². The lowest BCUT2D eigenvalue weighted by atomic mass is 9.99. The van der Waals surface area contributed by atoms with Crippen LogP contribution in [0.2, 0.25) is 0 Å². The molecule has 1 aromatic rings. The number of carbonyl (C=O) groups excluding carboxylic acids is 2. The number of anilines is 1. The van der Waals surface area contributed by atoms with Crippen LogP contribution in [0.1, 0.15) is 19.8 Å². The second kappa shape index (κ2) is 5.98. The smallest absolute Gasteiger partial charge is 0.314 e. The first kappa shape index (κ1) is 14.4.